The van der Waals surface area contributed by atoms with E-state index in [-0.39, 0.29) is 24.5 Å². The summed E-state index contributed by atoms with van der Waals surface area (Å²) < 4.78 is 5.33. The van der Waals surface area contributed by atoms with Gasteiger partial charge in [0.15, 0.2) is 0 Å². The molecule has 110 valence electrons. The zero-order valence-electron chi connectivity index (χ0n) is 11.9. The number of carbonyl (C=O) groups is 1. The molecule has 1 fully saturated rings. The van der Waals surface area contributed by atoms with Crippen molar-refractivity contribution in [3.63, 3.8) is 0 Å². The maximum Gasteiger partial charge on any atom is 0.223 e. The second kappa shape index (κ2) is 7.41. The average Bonchev–Trinajstić information content (AvgIpc) is 2.53. The van der Waals surface area contributed by atoms with E-state index in [4.69, 9.17) is 4.74 Å². The average molecular weight is 277 g/mol. The van der Waals surface area contributed by atoms with Crippen LogP contribution in [0.15, 0.2) is 30.3 Å². The molecule has 0 spiro atoms. The molecule has 4 heteroatoms. The van der Waals surface area contributed by atoms with Crippen LogP contribution in [0.4, 0.5) is 0 Å². The highest BCUT2D eigenvalue weighted by Crippen LogP contribution is 2.24. The standard InChI is InChI=1S/C16H23NO3/c1-12(13-7-9-20-10-8-13)16(19)17-15(11-18)14-5-3-2-4-6-14/h2-6,12-13,15,18H,7-11H2,1H3,(H,17,19)/t12-,15-/m0/s1. The van der Waals surface area contributed by atoms with E-state index in [9.17, 15) is 9.90 Å². The number of hydrogen-bond acceptors (Lipinski definition) is 3. The zero-order valence-corrected chi connectivity index (χ0v) is 11.9. The number of benzene rings is 1. The Balaban J connectivity index is 1.94. The van der Waals surface area contributed by atoms with E-state index in [0.29, 0.717) is 5.92 Å². The van der Waals surface area contributed by atoms with Crippen molar-refractivity contribution in [1.82, 2.24) is 5.32 Å². The van der Waals surface area contributed by atoms with Crippen molar-refractivity contribution in [2.45, 2.75) is 25.8 Å². The van der Waals surface area contributed by atoms with Crippen LogP contribution in [0.3, 0.4) is 0 Å². The number of carbonyl (C=O) groups excluding carboxylic acids is 1. The van der Waals surface area contributed by atoms with Crippen molar-refractivity contribution in [2.75, 3.05) is 19.8 Å². The first-order valence-electron chi connectivity index (χ1n) is 7.26. The predicted molar refractivity (Wildman–Crippen MR) is 77.1 cm³/mol. The van der Waals surface area contributed by atoms with Crippen molar-refractivity contribution in [3.8, 4) is 0 Å². The van der Waals surface area contributed by atoms with Gasteiger partial charge in [0.05, 0.1) is 12.6 Å². The second-order valence-electron chi connectivity index (χ2n) is 5.39. The Morgan fingerprint density at radius 3 is 2.60 bits per heavy atom. The molecule has 0 radical (unpaired) electrons. The van der Waals surface area contributed by atoms with Crippen molar-refractivity contribution in [3.05, 3.63) is 35.9 Å². The first-order valence-corrected chi connectivity index (χ1v) is 7.26. The van der Waals surface area contributed by atoms with E-state index in [0.717, 1.165) is 31.6 Å². The minimum Gasteiger partial charge on any atom is -0.394 e. The maximum atomic E-state index is 12.3. The van der Waals surface area contributed by atoms with E-state index < -0.39 is 0 Å². The van der Waals surface area contributed by atoms with Gasteiger partial charge in [-0.3, -0.25) is 4.79 Å². The van der Waals surface area contributed by atoms with Gasteiger partial charge in [-0.05, 0) is 24.3 Å². The van der Waals surface area contributed by atoms with Crippen LogP contribution >= 0.6 is 0 Å². The minimum atomic E-state index is -0.328. The first-order chi connectivity index (χ1) is 9.72. The van der Waals surface area contributed by atoms with Crippen LogP contribution in [-0.2, 0) is 9.53 Å². The second-order valence-corrected chi connectivity index (χ2v) is 5.39. The molecule has 0 aromatic heterocycles. The van der Waals surface area contributed by atoms with E-state index >= 15 is 0 Å². The highest BCUT2D eigenvalue weighted by molar-refractivity contribution is 5.79. The van der Waals surface area contributed by atoms with Gasteiger partial charge in [0.25, 0.3) is 0 Å². The summed E-state index contributed by atoms with van der Waals surface area (Å²) in [5.41, 5.74) is 0.933. The van der Waals surface area contributed by atoms with Gasteiger partial charge >= 0.3 is 0 Å². The molecule has 0 aliphatic carbocycles. The van der Waals surface area contributed by atoms with Crippen molar-refractivity contribution in [1.29, 1.82) is 0 Å². The molecule has 2 atom stereocenters. The molecule has 0 unspecified atom stereocenters. The van der Waals surface area contributed by atoms with Gasteiger partial charge in [-0.1, -0.05) is 37.3 Å². The Morgan fingerprint density at radius 1 is 1.35 bits per heavy atom. The highest BCUT2D eigenvalue weighted by Gasteiger charge is 2.27. The molecule has 1 heterocycles. The number of amides is 1. The van der Waals surface area contributed by atoms with E-state index in [1.807, 2.05) is 37.3 Å². The van der Waals surface area contributed by atoms with E-state index in [1.54, 1.807) is 0 Å². The third kappa shape index (κ3) is 3.81. The van der Waals surface area contributed by atoms with Crippen LogP contribution in [0, 0.1) is 11.8 Å². The smallest absolute Gasteiger partial charge is 0.223 e. The third-order valence-corrected chi connectivity index (χ3v) is 4.09. The molecule has 2 N–H and O–H groups in total. The number of rotatable bonds is 5. The van der Waals surface area contributed by atoms with Crippen LogP contribution in [0.2, 0.25) is 0 Å². The molecule has 2 rings (SSSR count). The molecule has 1 aromatic rings. The summed E-state index contributed by atoms with van der Waals surface area (Å²) in [6, 6.07) is 9.24. The Labute approximate surface area is 120 Å². The number of aliphatic hydroxyl groups excluding tert-OH is 1. The molecule has 1 aliphatic rings. The van der Waals surface area contributed by atoms with Crippen LogP contribution in [0.25, 0.3) is 0 Å². The Hall–Kier alpha value is -1.39. The lowest BCUT2D eigenvalue weighted by Gasteiger charge is -2.28. The summed E-state index contributed by atoms with van der Waals surface area (Å²) in [5.74, 6) is 0.343. The number of aliphatic hydroxyl groups is 1. The van der Waals surface area contributed by atoms with Gasteiger partial charge in [-0.15, -0.1) is 0 Å². The topological polar surface area (TPSA) is 58.6 Å². The summed E-state index contributed by atoms with van der Waals surface area (Å²) in [6.07, 6.45) is 1.87. The Morgan fingerprint density at radius 2 is 2.00 bits per heavy atom. The predicted octanol–water partition coefficient (Wildman–Crippen LogP) is 1.90. The van der Waals surface area contributed by atoms with Crippen molar-refractivity contribution < 1.29 is 14.6 Å². The molecule has 1 aromatic carbocycles. The summed E-state index contributed by atoms with van der Waals surface area (Å²) in [5, 5.41) is 12.4. The molecule has 0 saturated carbocycles. The maximum absolute atomic E-state index is 12.3. The molecule has 0 bridgehead atoms. The quantitative estimate of drug-likeness (QED) is 0.864. The zero-order chi connectivity index (χ0) is 14.4. The monoisotopic (exact) mass is 277 g/mol. The lowest BCUT2D eigenvalue weighted by atomic mass is 9.86. The van der Waals surface area contributed by atoms with Gasteiger partial charge in [0.1, 0.15) is 0 Å². The normalized spacial score (nSPS) is 19.3. The molecular weight excluding hydrogens is 254 g/mol. The number of nitrogens with one attached hydrogen (secondary N) is 1. The first kappa shape index (κ1) is 15.0. The van der Waals surface area contributed by atoms with Gasteiger partial charge in [-0.25, -0.2) is 0 Å². The van der Waals surface area contributed by atoms with Gasteiger partial charge in [0.2, 0.25) is 5.91 Å². The Kier molecular flexibility index (Phi) is 5.56. The van der Waals surface area contributed by atoms with E-state index in [1.165, 1.54) is 0 Å². The molecule has 4 nitrogen and oxygen atoms in total. The molecule has 1 amide bonds. The molecular formula is C16H23NO3. The van der Waals surface area contributed by atoms with Crippen LogP contribution < -0.4 is 5.32 Å². The Bertz CT molecular complexity index is 415. The summed E-state index contributed by atoms with van der Waals surface area (Å²) >= 11 is 0. The van der Waals surface area contributed by atoms with Crippen molar-refractivity contribution in [2.24, 2.45) is 11.8 Å². The SMILES string of the molecule is C[C@H](C(=O)N[C@@H](CO)c1ccccc1)C1CCOCC1. The summed E-state index contributed by atoms with van der Waals surface area (Å²) in [4.78, 5) is 12.3. The van der Waals surface area contributed by atoms with E-state index in [2.05, 4.69) is 5.32 Å². The van der Waals surface area contributed by atoms with Gasteiger partial charge < -0.3 is 15.2 Å². The minimum absolute atomic E-state index is 0.0137. The largest absolute Gasteiger partial charge is 0.394 e. The lowest BCUT2D eigenvalue weighted by Crippen LogP contribution is -2.38. The lowest BCUT2D eigenvalue weighted by molar-refractivity contribution is -0.128. The third-order valence-electron chi connectivity index (χ3n) is 4.09. The molecule has 1 aliphatic heterocycles. The highest BCUT2D eigenvalue weighted by atomic mass is 16.5. The number of hydrogen-bond donors (Lipinski definition) is 2. The summed E-state index contributed by atoms with van der Waals surface area (Å²) in [7, 11) is 0. The molecule has 1 saturated heterocycles. The van der Waals surface area contributed by atoms with Gasteiger partial charge in [-0.2, -0.15) is 0 Å². The fourth-order valence-corrected chi connectivity index (χ4v) is 2.65. The number of ether oxygens (including phenoxy) is 1. The van der Waals surface area contributed by atoms with Crippen LogP contribution in [0.5, 0.6) is 0 Å². The summed E-state index contributed by atoms with van der Waals surface area (Å²) in [6.45, 7) is 3.36. The van der Waals surface area contributed by atoms with Crippen LogP contribution in [0.1, 0.15) is 31.4 Å². The van der Waals surface area contributed by atoms with Crippen LogP contribution in [-0.4, -0.2) is 30.8 Å². The fraction of sp³-hybridized carbons (Fsp3) is 0.562. The fourth-order valence-electron chi connectivity index (χ4n) is 2.65. The van der Waals surface area contributed by atoms with Gasteiger partial charge in [0, 0.05) is 19.1 Å². The van der Waals surface area contributed by atoms with Crippen molar-refractivity contribution >= 4 is 5.91 Å². The molecule has 20 heavy (non-hydrogen) atoms.